The van der Waals surface area contributed by atoms with Crippen molar-refractivity contribution in [2.24, 2.45) is 10.7 Å². The second-order valence-electron chi connectivity index (χ2n) is 5.91. The Hall–Kier alpha value is -1.79. The summed E-state index contributed by atoms with van der Waals surface area (Å²) >= 11 is 0. The standard InChI is InChI=1S/C17H28N4O2/c1-14(2)20-17(18)19-13-15-5-3-4-6-16(15)23-12-9-21-7-10-22-11-8-21/h3-6,14H,7-13H2,1-2H3,(H3,18,19,20). The monoisotopic (exact) mass is 320 g/mol. The summed E-state index contributed by atoms with van der Waals surface area (Å²) in [5.41, 5.74) is 6.89. The van der Waals surface area contributed by atoms with E-state index in [2.05, 4.69) is 15.2 Å². The van der Waals surface area contributed by atoms with E-state index >= 15 is 0 Å². The molecule has 3 N–H and O–H groups in total. The van der Waals surface area contributed by atoms with Gasteiger partial charge in [-0.25, -0.2) is 4.99 Å². The zero-order chi connectivity index (χ0) is 16.5. The smallest absolute Gasteiger partial charge is 0.189 e. The number of hydrogen-bond acceptors (Lipinski definition) is 4. The molecule has 0 bridgehead atoms. The van der Waals surface area contributed by atoms with Crippen molar-refractivity contribution in [3.05, 3.63) is 29.8 Å². The molecule has 1 saturated heterocycles. The highest BCUT2D eigenvalue weighted by Gasteiger charge is 2.10. The molecule has 1 aromatic rings. The van der Waals surface area contributed by atoms with Crippen LogP contribution in [0.25, 0.3) is 0 Å². The number of nitrogens with zero attached hydrogens (tertiary/aromatic N) is 2. The first kappa shape index (κ1) is 17.6. The predicted octanol–water partition coefficient (Wildman–Crippen LogP) is 1.21. The summed E-state index contributed by atoms with van der Waals surface area (Å²) in [6, 6.07) is 8.25. The lowest BCUT2D eigenvalue weighted by Crippen LogP contribution is -2.38. The molecule has 6 heteroatoms. The Kier molecular flexibility index (Phi) is 7.16. The Labute approximate surface area is 138 Å². The average Bonchev–Trinajstić information content (AvgIpc) is 2.54. The Bertz CT molecular complexity index is 499. The van der Waals surface area contributed by atoms with Crippen LogP contribution in [0.2, 0.25) is 0 Å². The second kappa shape index (κ2) is 9.37. The molecule has 128 valence electrons. The van der Waals surface area contributed by atoms with E-state index in [-0.39, 0.29) is 6.04 Å². The van der Waals surface area contributed by atoms with Gasteiger partial charge in [0.2, 0.25) is 0 Å². The van der Waals surface area contributed by atoms with E-state index in [1.54, 1.807) is 0 Å². The van der Waals surface area contributed by atoms with Crippen LogP contribution in [-0.4, -0.2) is 56.4 Å². The summed E-state index contributed by atoms with van der Waals surface area (Å²) < 4.78 is 11.3. The zero-order valence-electron chi connectivity index (χ0n) is 14.1. The molecule has 2 rings (SSSR count). The molecule has 1 aliphatic heterocycles. The molecule has 1 aliphatic rings. The van der Waals surface area contributed by atoms with Crippen molar-refractivity contribution in [3.8, 4) is 5.75 Å². The van der Waals surface area contributed by atoms with E-state index in [0.29, 0.717) is 19.1 Å². The molecule has 0 radical (unpaired) electrons. The minimum Gasteiger partial charge on any atom is -0.492 e. The fourth-order valence-electron chi connectivity index (χ4n) is 2.40. The van der Waals surface area contributed by atoms with Crippen molar-refractivity contribution in [3.63, 3.8) is 0 Å². The van der Waals surface area contributed by atoms with Gasteiger partial charge in [0.15, 0.2) is 5.96 Å². The number of nitrogens with two attached hydrogens (primary N) is 1. The van der Waals surface area contributed by atoms with Gasteiger partial charge >= 0.3 is 0 Å². The van der Waals surface area contributed by atoms with Crippen LogP contribution in [0.4, 0.5) is 0 Å². The van der Waals surface area contributed by atoms with Crippen molar-refractivity contribution in [1.82, 2.24) is 10.2 Å². The minimum atomic E-state index is 0.277. The van der Waals surface area contributed by atoms with Crippen LogP contribution in [0, 0.1) is 0 Å². The van der Waals surface area contributed by atoms with Crippen molar-refractivity contribution in [2.75, 3.05) is 39.5 Å². The van der Waals surface area contributed by atoms with Gasteiger partial charge in [-0.3, -0.25) is 4.90 Å². The maximum atomic E-state index is 5.94. The van der Waals surface area contributed by atoms with Crippen molar-refractivity contribution < 1.29 is 9.47 Å². The van der Waals surface area contributed by atoms with E-state index in [1.807, 2.05) is 38.1 Å². The summed E-state index contributed by atoms with van der Waals surface area (Å²) in [6.45, 7) is 9.74. The van der Waals surface area contributed by atoms with E-state index in [4.69, 9.17) is 15.2 Å². The highest BCUT2D eigenvalue weighted by Crippen LogP contribution is 2.18. The molecule has 0 atom stereocenters. The molecule has 0 spiro atoms. The Morgan fingerprint density at radius 3 is 2.83 bits per heavy atom. The van der Waals surface area contributed by atoms with Gasteiger partial charge in [0, 0.05) is 31.2 Å². The number of guanidine groups is 1. The lowest BCUT2D eigenvalue weighted by Gasteiger charge is -2.26. The average molecular weight is 320 g/mol. The fraction of sp³-hybridized carbons (Fsp3) is 0.588. The number of morpholine rings is 1. The molecular formula is C17H28N4O2. The second-order valence-corrected chi connectivity index (χ2v) is 5.91. The molecule has 0 unspecified atom stereocenters. The Morgan fingerprint density at radius 2 is 2.09 bits per heavy atom. The number of nitrogens with one attached hydrogen (secondary N) is 1. The number of hydrogen-bond donors (Lipinski definition) is 2. The molecule has 0 aliphatic carbocycles. The van der Waals surface area contributed by atoms with Crippen molar-refractivity contribution in [1.29, 1.82) is 0 Å². The van der Waals surface area contributed by atoms with Crippen LogP contribution in [0.3, 0.4) is 0 Å². The number of para-hydroxylation sites is 1. The Morgan fingerprint density at radius 1 is 1.35 bits per heavy atom. The lowest BCUT2D eigenvalue weighted by molar-refractivity contribution is 0.0322. The van der Waals surface area contributed by atoms with Crippen molar-refractivity contribution in [2.45, 2.75) is 26.4 Å². The maximum absolute atomic E-state index is 5.94. The summed E-state index contributed by atoms with van der Waals surface area (Å²) in [5, 5.41) is 3.09. The minimum absolute atomic E-state index is 0.277. The molecule has 1 aromatic carbocycles. The van der Waals surface area contributed by atoms with Crippen LogP contribution < -0.4 is 15.8 Å². The zero-order valence-corrected chi connectivity index (χ0v) is 14.1. The molecule has 0 amide bonds. The first-order chi connectivity index (χ1) is 11.1. The Balaban J connectivity index is 1.84. The van der Waals surface area contributed by atoms with Crippen LogP contribution in [0.15, 0.2) is 29.3 Å². The molecule has 23 heavy (non-hydrogen) atoms. The number of aliphatic imine (C=N–C) groups is 1. The summed E-state index contributed by atoms with van der Waals surface area (Å²) in [6.07, 6.45) is 0. The third kappa shape index (κ3) is 6.46. The van der Waals surface area contributed by atoms with Crippen molar-refractivity contribution >= 4 is 5.96 Å². The fourth-order valence-corrected chi connectivity index (χ4v) is 2.40. The molecule has 0 saturated carbocycles. The topological polar surface area (TPSA) is 72.1 Å². The summed E-state index contributed by atoms with van der Waals surface area (Å²) in [4.78, 5) is 6.73. The molecular weight excluding hydrogens is 292 g/mol. The van der Waals surface area contributed by atoms with Gasteiger partial charge in [-0.2, -0.15) is 0 Å². The van der Waals surface area contributed by atoms with Crippen LogP contribution in [0.5, 0.6) is 5.75 Å². The van der Waals surface area contributed by atoms with E-state index in [9.17, 15) is 0 Å². The quantitative estimate of drug-likeness (QED) is 0.584. The normalized spacial score (nSPS) is 16.6. The highest BCUT2D eigenvalue weighted by molar-refractivity contribution is 5.78. The van der Waals surface area contributed by atoms with E-state index in [0.717, 1.165) is 44.2 Å². The molecule has 0 aromatic heterocycles. The molecule has 1 heterocycles. The van der Waals surface area contributed by atoms with Gasteiger partial charge in [-0.05, 0) is 19.9 Å². The first-order valence-corrected chi connectivity index (χ1v) is 8.22. The number of rotatable bonds is 7. The predicted molar refractivity (Wildman–Crippen MR) is 92.8 cm³/mol. The lowest BCUT2D eigenvalue weighted by atomic mass is 10.2. The first-order valence-electron chi connectivity index (χ1n) is 8.22. The van der Waals surface area contributed by atoms with Gasteiger partial charge in [0.1, 0.15) is 12.4 Å². The summed E-state index contributed by atoms with van der Waals surface area (Å²) in [7, 11) is 0. The van der Waals surface area contributed by atoms with E-state index in [1.165, 1.54) is 0 Å². The largest absolute Gasteiger partial charge is 0.492 e. The number of benzene rings is 1. The van der Waals surface area contributed by atoms with Crippen LogP contribution in [-0.2, 0) is 11.3 Å². The SMILES string of the molecule is CC(C)NC(N)=NCc1ccccc1OCCN1CCOCC1. The van der Waals surface area contributed by atoms with E-state index < -0.39 is 0 Å². The van der Waals surface area contributed by atoms with Gasteiger partial charge in [0.05, 0.1) is 19.8 Å². The van der Waals surface area contributed by atoms with Gasteiger partial charge < -0.3 is 20.5 Å². The third-order valence-corrected chi connectivity index (χ3v) is 3.60. The highest BCUT2D eigenvalue weighted by atomic mass is 16.5. The maximum Gasteiger partial charge on any atom is 0.189 e. The van der Waals surface area contributed by atoms with Gasteiger partial charge in [-0.1, -0.05) is 18.2 Å². The van der Waals surface area contributed by atoms with Gasteiger partial charge in [-0.15, -0.1) is 0 Å². The van der Waals surface area contributed by atoms with Crippen LogP contribution in [0.1, 0.15) is 19.4 Å². The molecule has 6 nitrogen and oxygen atoms in total. The third-order valence-electron chi connectivity index (χ3n) is 3.60. The number of ether oxygens (including phenoxy) is 2. The van der Waals surface area contributed by atoms with Gasteiger partial charge in [0.25, 0.3) is 0 Å². The molecule has 1 fully saturated rings. The van der Waals surface area contributed by atoms with Crippen LogP contribution >= 0.6 is 0 Å². The summed E-state index contributed by atoms with van der Waals surface area (Å²) in [5.74, 6) is 1.34.